The number of hydrogen-bond donors (Lipinski definition) is 2. The van der Waals surface area contributed by atoms with Crippen LogP contribution >= 0.6 is 0 Å². The minimum atomic E-state index is -0.353. The molecule has 5 heteroatoms. The summed E-state index contributed by atoms with van der Waals surface area (Å²) in [6.45, 7) is 3.11. The summed E-state index contributed by atoms with van der Waals surface area (Å²) in [5.74, 6) is 0.0896. The van der Waals surface area contributed by atoms with Crippen LogP contribution in [0.2, 0.25) is 0 Å². The summed E-state index contributed by atoms with van der Waals surface area (Å²) in [7, 11) is 0. The van der Waals surface area contributed by atoms with Gasteiger partial charge >= 0.3 is 6.09 Å². The molecule has 2 bridgehead atoms. The quantitative estimate of drug-likeness (QED) is 0.601. The predicted octanol–water partition coefficient (Wildman–Crippen LogP) is 4.32. The molecule has 3 aliphatic rings. The Balaban J connectivity index is 1.00. The van der Waals surface area contributed by atoms with Crippen molar-refractivity contribution in [1.82, 2.24) is 10.6 Å². The maximum absolute atomic E-state index is 12.4. The molecular formula is C28H29N3O2. The van der Waals surface area contributed by atoms with Crippen molar-refractivity contribution in [1.29, 1.82) is 0 Å². The van der Waals surface area contributed by atoms with E-state index >= 15 is 0 Å². The van der Waals surface area contributed by atoms with E-state index in [0.29, 0.717) is 25.2 Å². The molecule has 2 aliphatic heterocycles. The average molecular weight is 440 g/mol. The Morgan fingerprint density at radius 1 is 0.970 bits per heavy atom. The fourth-order valence-corrected chi connectivity index (χ4v) is 5.69. The number of nitrogens with one attached hydrogen (secondary N) is 2. The van der Waals surface area contributed by atoms with E-state index in [1.165, 1.54) is 39.9 Å². The minimum Gasteiger partial charge on any atom is -0.449 e. The number of rotatable bonds is 6. The van der Waals surface area contributed by atoms with Crippen molar-refractivity contribution in [3.63, 3.8) is 0 Å². The Kier molecular flexibility index (Phi) is 5.27. The number of alkyl carbamates (subject to hydrolysis) is 1. The molecule has 6 rings (SSSR count). The molecule has 33 heavy (non-hydrogen) atoms. The third-order valence-electron chi connectivity index (χ3n) is 7.35. The second kappa shape index (κ2) is 8.56. The molecule has 2 atom stereocenters. The zero-order valence-electron chi connectivity index (χ0n) is 18.7. The van der Waals surface area contributed by atoms with Gasteiger partial charge in [-0.2, -0.15) is 0 Å². The van der Waals surface area contributed by atoms with Crippen LogP contribution in [0.1, 0.15) is 29.0 Å². The van der Waals surface area contributed by atoms with Crippen molar-refractivity contribution in [2.45, 2.75) is 30.8 Å². The molecule has 0 saturated carbocycles. The zero-order chi connectivity index (χ0) is 22.2. The molecule has 2 fully saturated rings. The molecule has 0 unspecified atom stereocenters. The van der Waals surface area contributed by atoms with Crippen LogP contribution < -0.4 is 15.5 Å². The third kappa shape index (κ3) is 3.87. The number of benzene rings is 3. The van der Waals surface area contributed by atoms with Gasteiger partial charge in [0.1, 0.15) is 6.61 Å². The number of amides is 1. The normalized spacial score (nSPS) is 20.5. The highest BCUT2D eigenvalue weighted by Crippen LogP contribution is 2.44. The number of carbonyl (C=O) groups is 1. The van der Waals surface area contributed by atoms with Crippen LogP contribution in [0, 0.1) is 0 Å². The third-order valence-corrected chi connectivity index (χ3v) is 7.35. The van der Waals surface area contributed by atoms with E-state index in [4.69, 9.17) is 4.74 Å². The van der Waals surface area contributed by atoms with Gasteiger partial charge in [0, 0.05) is 43.3 Å². The Morgan fingerprint density at radius 2 is 1.67 bits per heavy atom. The van der Waals surface area contributed by atoms with Crippen LogP contribution in [0.15, 0.2) is 72.8 Å². The van der Waals surface area contributed by atoms with Crippen molar-refractivity contribution in [2.24, 2.45) is 0 Å². The van der Waals surface area contributed by atoms with Crippen molar-refractivity contribution >= 4 is 11.8 Å². The largest absolute Gasteiger partial charge is 0.449 e. The molecule has 1 aliphatic carbocycles. The Labute approximate surface area is 194 Å². The first kappa shape index (κ1) is 20.3. The fraction of sp³-hybridized carbons (Fsp3) is 0.321. The van der Waals surface area contributed by atoms with Gasteiger partial charge in [-0.3, -0.25) is 0 Å². The number of carbonyl (C=O) groups excluding carboxylic acids is 1. The lowest BCUT2D eigenvalue weighted by molar-refractivity contribution is 0.143. The Hall–Kier alpha value is -3.31. The highest BCUT2D eigenvalue weighted by Gasteiger charge is 2.37. The van der Waals surface area contributed by atoms with Gasteiger partial charge in [0.15, 0.2) is 0 Å². The summed E-state index contributed by atoms with van der Waals surface area (Å²) in [6.07, 6.45) is 1.69. The zero-order valence-corrected chi connectivity index (χ0v) is 18.7. The first-order valence-electron chi connectivity index (χ1n) is 11.9. The molecule has 168 valence electrons. The monoisotopic (exact) mass is 439 g/mol. The minimum absolute atomic E-state index is 0.0896. The first-order chi connectivity index (χ1) is 16.3. The molecule has 3 aromatic carbocycles. The summed E-state index contributed by atoms with van der Waals surface area (Å²) in [5.41, 5.74) is 7.46. The second-order valence-corrected chi connectivity index (χ2v) is 9.32. The second-order valence-electron chi connectivity index (χ2n) is 9.32. The van der Waals surface area contributed by atoms with Crippen LogP contribution in [0.3, 0.4) is 0 Å². The van der Waals surface area contributed by atoms with E-state index in [1.807, 2.05) is 12.1 Å². The van der Waals surface area contributed by atoms with Crippen molar-refractivity contribution in [3.8, 4) is 11.1 Å². The van der Waals surface area contributed by atoms with E-state index in [0.717, 1.165) is 19.5 Å². The predicted molar refractivity (Wildman–Crippen MR) is 131 cm³/mol. The van der Waals surface area contributed by atoms with Crippen molar-refractivity contribution in [3.05, 3.63) is 89.5 Å². The highest BCUT2D eigenvalue weighted by molar-refractivity contribution is 5.79. The summed E-state index contributed by atoms with van der Waals surface area (Å²) < 4.78 is 5.63. The average Bonchev–Trinajstić information content (AvgIpc) is 3.57. The molecule has 0 radical (unpaired) electrons. The molecule has 2 heterocycles. The molecule has 0 aromatic heterocycles. The summed E-state index contributed by atoms with van der Waals surface area (Å²) in [6, 6.07) is 26.8. The number of hydrogen-bond acceptors (Lipinski definition) is 4. The maximum atomic E-state index is 12.4. The summed E-state index contributed by atoms with van der Waals surface area (Å²) in [5, 5.41) is 6.46. The molecule has 1 amide bonds. The van der Waals surface area contributed by atoms with Gasteiger partial charge in [-0.25, -0.2) is 4.79 Å². The van der Waals surface area contributed by atoms with Crippen molar-refractivity contribution in [2.75, 3.05) is 31.1 Å². The van der Waals surface area contributed by atoms with Gasteiger partial charge in [0.05, 0.1) is 0 Å². The standard InChI is InChI=1S/C28H29N3O2/c32-28(33-18-27-25-7-3-1-5-23(25)24-6-2-4-8-26(24)27)29-14-13-19-9-11-21(12-10-19)31-17-20-15-22(31)16-30-20/h1-12,20,22,27,30H,13-18H2,(H,29,32)/t20-,22-/m1/s1. The van der Waals surface area contributed by atoms with E-state index in [2.05, 4.69) is 76.2 Å². The fourth-order valence-electron chi connectivity index (χ4n) is 5.69. The number of ether oxygens (including phenoxy) is 1. The number of anilines is 1. The van der Waals surface area contributed by atoms with E-state index in [-0.39, 0.29) is 12.0 Å². The summed E-state index contributed by atoms with van der Waals surface area (Å²) in [4.78, 5) is 14.9. The smallest absolute Gasteiger partial charge is 0.407 e. The molecule has 5 nitrogen and oxygen atoms in total. The first-order valence-corrected chi connectivity index (χ1v) is 11.9. The molecule has 2 saturated heterocycles. The lowest BCUT2D eigenvalue weighted by Gasteiger charge is -2.29. The lowest BCUT2D eigenvalue weighted by atomic mass is 9.98. The van der Waals surface area contributed by atoms with Gasteiger partial charge in [-0.05, 0) is 52.8 Å². The molecule has 2 N–H and O–H groups in total. The number of fused-ring (bicyclic) bond motifs is 5. The van der Waals surface area contributed by atoms with E-state index in [9.17, 15) is 4.79 Å². The SMILES string of the molecule is O=C(NCCc1ccc(N2C[C@H]3C[C@@H]2CN3)cc1)OCC1c2ccccc2-c2ccccc21. The lowest BCUT2D eigenvalue weighted by Crippen LogP contribution is -2.43. The maximum Gasteiger partial charge on any atom is 0.407 e. The van der Waals surface area contributed by atoms with Crippen molar-refractivity contribution < 1.29 is 9.53 Å². The van der Waals surface area contributed by atoms with E-state index < -0.39 is 0 Å². The molecule has 0 spiro atoms. The van der Waals surface area contributed by atoms with Gasteiger partial charge in [-0.1, -0.05) is 60.7 Å². The van der Waals surface area contributed by atoms with Crippen LogP contribution in [-0.4, -0.2) is 44.4 Å². The van der Waals surface area contributed by atoms with Gasteiger partial charge in [0.2, 0.25) is 0 Å². The van der Waals surface area contributed by atoms with Gasteiger partial charge < -0.3 is 20.3 Å². The molecule has 3 aromatic rings. The van der Waals surface area contributed by atoms with E-state index in [1.54, 1.807) is 0 Å². The van der Waals surface area contributed by atoms with Gasteiger partial charge in [-0.15, -0.1) is 0 Å². The highest BCUT2D eigenvalue weighted by atomic mass is 16.5. The van der Waals surface area contributed by atoms with Gasteiger partial charge in [0.25, 0.3) is 0 Å². The van der Waals surface area contributed by atoms with Crippen LogP contribution in [-0.2, 0) is 11.2 Å². The molecular weight excluding hydrogens is 410 g/mol. The number of piperazine rings is 1. The number of nitrogens with zero attached hydrogens (tertiary/aromatic N) is 1. The Morgan fingerprint density at radius 3 is 2.30 bits per heavy atom. The van der Waals surface area contributed by atoms with Crippen LogP contribution in [0.4, 0.5) is 10.5 Å². The topological polar surface area (TPSA) is 53.6 Å². The van der Waals surface area contributed by atoms with Crippen LogP contribution in [0.25, 0.3) is 11.1 Å². The van der Waals surface area contributed by atoms with Crippen LogP contribution in [0.5, 0.6) is 0 Å². The summed E-state index contributed by atoms with van der Waals surface area (Å²) >= 11 is 0. The Bertz CT molecular complexity index is 1110.